The predicted octanol–water partition coefficient (Wildman–Crippen LogP) is 1.92. The molecular weight excluding hydrogens is 234 g/mol. The maximum absolute atomic E-state index is 12.0. The van der Waals surface area contributed by atoms with E-state index in [1.807, 2.05) is 19.9 Å². The van der Waals surface area contributed by atoms with Gasteiger partial charge >= 0.3 is 5.97 Å². The zero-order valence-electron chi connectivity index (χ0n) is 10.8. The summed E-state index contributed by atoms with van der Waals surface area (Å²) in [4.78, 5) is 24.1. The van der Waals surface area contributed by atoms with E-state index in [1.165, 1.54) is 0 Å². The molecule has 1 amide bonds. The molecule has 0 saturated heterocycles. The molecule has 5 heteroatoms. The number of hydrogen-bond acceptors (Lipinski definition) is 3. The van der Waals surface area contributed by atoms with Crippen LogP contribution >= 0.6 is 0 Å². The Morgan fingerprint density at radius 1 is 1.39 bits per heavy atom. The number of hydrogen-bond donors (Lipinski definition) is 1. The molecule has 1 heterocycles. The molecule has 0 aromatic carbocycles. The van der Waals surface area contributed by atoms with Crippen LogP contribution in [0.5, 0.6) is 0 Å². The van der Waals surface area contributed by atoms with E-state index in [4.69, 9.17) is 9.52 Å². The van der Waals surface area contributed by atoms with Crippen molar-refractivity contribution < 1.29 is 19.1 Å². The summed E-state index contributed by atoms with van der Waals surface area (Å²) < 4.78 is 5.16. The molecule has 0 unspecified atom stereocenters. The normalized spacial score (nSPS) is 10.6. The van der Waals surface area contributed by atoms with Gasteiger partial charge in [-0.1, -0.05) is 0 Å². The minimum Gasteiger partial charge on any atom is -0.481 e. The summed E-state index contributed by atoms with van der Waals surface area (Å²) in [6.45, 7) is 4.02. The quantitative estimate of drug-likeness (QED) is 0.806. The smallest absolute Gasteiger partial charge is 0.305 e. The highest BCUT2D eigenvalue weighted by Gasteiger charge is 2.17. The van der Waals surface area contributed by atoms with Crippen LogP contribution in [0.2, 0.25) is 0 Å². The molecule has 0 aliphatic carbocycles. The Balaban J connectivity index is 2.46. The lowest BCUT2D eigenvalue weighted by Crippen LogP contribution is -2.38. The molecule has 0 saturated carbocycles. The number of furan rings is 1. The van der Waals surface area contributed by atoms with Crippen molar-refractivity contribution in [3.63, 3.8) is 0 Å². The number of rotatable bonds is 7. The number of carbonyl (C=O) groups is 2. The van der Waals surface area contributed by atoms with E-state index in [0.717, 1.165) is 5.76 Å². The predicted molar refractivity (Wildman–Crippen MR) is 66.1 cm³/mol. The van der Waals surface area contributed by atoms with Crippen LogP contribution in [-0.4, -0.2) is 34.5 Å². The molecule has 0 aliphatic heterocycles. The van der Waals surface area contributed by atoms with Crippen LogP contribution in [0.4, 0.5) is 0 Å². The van der Waals surface area contributed by atoms with Gasteiger partial charge in [0.25, 0.3) is 0 Å². The van der Waals surface area contributed by atoms with Gasteiger partial charge in [0.1, 0.15) is 5.76 Å². The van der Waals surface area contributed by atoms with E-state index < -0.39 is 5.97 Å². The molecule has 18 heavy (non-hydrogen) atoms. The van der Waals surface area contributed by atoms with Gasteiger partial charge < -0.3 is 14.4 Å². The molecule has 1 rings (SSSR count). The Kier molecular flexibility index (Phi) is 5.42. The molecule has 0 fully saturated rings. The monoisotopic (exact) mass is 253 g/mol. The minimum absolute atomic E-state index is 0.00783. The molecule has 5 nitrogen and oxygen atoms in total. The highest BCUT2D eigenvalue weighted by molar-refractivity contribution is 5.77. The molecule has 1 aromatic rings. The van der Waals surface area contributed by atoms with Crippen molar-refractivity contribution in [1.82, 2.24) is 4.90 Å². The van der Waals surface area contributed by atoms with Crippen LogP contribution in [-0.2, 0) is 16.0 Å². The first-order valence-electron chi connectivity index (χ1n) is 6.04. The van der Waals surface area contributed by atoms with E-state index in [9.17, 15) is 9.59 Å². The summed E-state index contributed by atoms with van der Waals surface area (Å²) in [6, 6.07) is 3.61. The van der Waals surface area contributed by atoms with Gasteiger partial charge in [-0.3, -0.25) is 9.59 Å². The van der Waals surface area contributed by atoms with Crippen LogP contribution in [0.25, 0.3) is 0 Å². The SMILES string of the molecule is CC(C)N(CCC(=O)O)C(=O)CCc1ccco1. The molecule has 0 bridgehead atoms. The zero-order valence-corrected chi connectivity index (χ0v) is 10.8. The van der Waals surface area contributed by atoms with Crippen molar-refractivity contribution in [3.8, 4) is 0 Å². The second-order valence-corrected chi connectivity index (χ2v) is 4.40. The minimum atomic E-state index is -0.889. The van der Waals surface area contributed by atoms with Crippen molar-refractivity contribution in [2.45, 2.75) is 39.2 Å². The molecule has 0 spiro atoms. The summed E-state index contributed by atoms with van der Waals surface area (Å²) in [5.74, 6) is -0.160. The Bertz CT molecular complexity index is 384. The third kappa shape index (κ3) is 4.61. The van der Waals surface area contributed by atoms with Gasteiger partial charge in [-0.2, -0.15) is 0 Å². The van der Waals surface area contributed by atoms with E-state index in [0.29, 0.717) is 12.8 Å². The first-order valence-corrected chi connectivity index (χ1v) is 6.04. The molecule has 0 atom stereocenters. The van der Waals surface area contributed by atoms with Crippen molar-refractivity contribution in [3.05, 3.63) is 24.2 Å². The number of nitrogens with zero attached hydrogens (tertiary/aromatic N) is 1. The number of aryl methyl sites for hydroxylation is 1. The maximum atomic E-state index is 12.0. The van der Waals surface area contributed by atoms with E-state index >= 15 is 0 Å². The van der Waals surface area contributed by atoms with Gasteiger partial charge in [-0.05, 0) is 26.0 Å². The van der Waals surface area contributed by atoms with Gasteiger partial charge in [-0.25, -0.2) is 0 Å². The Morgan fingerprint density at radius 2 is 2.11 bits per heavy atom. The fourth-order valence-corrected chi connectivity index (χ4v) is 1.72. The fourth-order valence-electron chi connectivity index (χ4n) is 1.72. The number of carbonyl (C=O) groups excluding carboxylic acids is 1. The first-order chi connectivity index (χ1) is 8.50. The molecule has 100 valence electrons. The number of carboxylic acids is 1. The Hall–Kier alpha value is -1.78. The average Bonchev–Trinajstić information content (AvgIpc) is 2.78. The standard InChI is InChI=1S/C13H19NO4/c1-10(2)14(8-7-13(16)17)12(15)6-5-11-4-3-9-18-11/h3-4,9-10H,5-8H2,1-2H3,(H,16,17). The number of amides is 1. The van der Waals surface area contributed by atoms with Gasteiger partial charge in [0.2, 0.25) is 5.91 Å². The van der Waals surface area contributed by atoms with Crippen LogP contribution in [0.15, 0.2) is 22.8 Å². The van der Waals surface area contributed by atoms with Crippen LogP contribution in [0.3, 0.4) is 0 Å². The summed E-state index contributed by atoms with van der Waals surface area (Å²) in [5.41, 5.74) is 0. The summed E-state index contributed by atoms with van der Waals surface area (Å²) in [5, 5.41) is 8.65. The van der Waals surface area contributed by atoms with E-state index in [1.54, 1.807) is 17.2 Å². The molecular formula is C13H19NO4. The topological polar surface area (TPSA) is 70.8 Å². The molecule has 1 aromatic heterocycles. The van der Waals surface area contributed by atoms with Crippen molar-refractivity contribution in [2.75, 3.05) is 6.54 Å². The molecule has 0 aliphatic rings. The van der Waals surface area contributed by atoms with Crippen molar-refractivity contribution >= 4 is 11.9 Å². The highest BCUT2D eigenvalue weighted by atomic mass is 16.4. The average molecular weight is 253 g/mol. The lowest BCUT2D eigenvalue weighted by atomic mass is 10.2. The van der Waals surface area contributed by atoms with Gasteiger partial charge in [0, 0.05) is 25.4 Å². The van der Waals surface area contributed by atoms with E-state index in [-0.39, 0.29) is 24.9 Å². The lowest BCUT2D eigenvalue weighted by Gasteiger charge is -2.26. The van der Waals surface area contributed by atoms with Gasteiger partial charge in [0.15, 0.2) is 0 Å². The van der Waals surface area contributed by atoms with Crippen LogP contribution in [0, 0.1) is 0 Å². The lowest BCUT2D eigenvalue weighted by molar-refractivity contribution is -0.139. The fraction of sp³-hybridized carbons (Fsp3) is 0.538. The van der Waals surface area contributed by atoms with Crippen molar-refractivity contribution in [1.29, 1.82) is 0 Å². The third-order valence-electron chi connectivity index (χ3n) is 2.68. The first kappa shape index (κ1) is 14.3. The van der Waals surface area contributed by atoms with Gasteiger partial charge in [-0.15, -0.1) is 0 Å². The van der Waals surface area contributed by atoms with Crippen molar-refractivity contribution in [2.24, 2.45) is 0 Å². The second-order valence-electron chi connectivity index (χ2n) is 4.40. The second kappa shape index (κ2) is 6.83. The Labute approximate surface area is 106 Å². The molecule has 0 radical (unpaired) electrons. The molecule has 1 N–H and O–H groups in total. The van der Waals surface area contributed by atoms with Crippen LogP contribution in [0.1, 0.15) is 32.4 Å². The number of aliphatic carboxylic acids is 1. The summed E-state index contributed by atoms with van der Waals surface area (Å²) >= 11 is 0. The largest absolute Gasteiger partial charge is 0.481 e. The summed E-state index contributed by atoms with van der Waals surface area (Å²) in [6.07, 6.45) is 2.43. The van der Waals surface area contributed by atoms with Crippen LogP contribution < -0.4 is 0 Å². The highest BCUT2D eigenvalue weighted by Crippen LogP contribution is 2.08. The van der Waals surface area contributed by atoms with Gasteiger partial charge in [0.05, 0.1) is 12.7 Å². The zero-order chi connectivity index (χ0) is 13.5. The maximum Gasteiger partial charge on any atom is 0.305 e. The third-order valence-corrected chi connectivity index (χ3v) is 2.68. The van der Waals surface area contributed by atoms with E-state index in [2.05, 4.69) is 0 Å². The number of carboxylic acid groups (broad SMARTS) is 1. The summed E-state index contributed by atoms with van der Waals surface area (Å²) in [7, 11) is 0. The Morgan fingerprint density at radius 3 is 2.61 bits per heavy atom.